The molecule has 0 aliphatic carbocycles. The maximum atomic E-state index is 10.5. The average Bonchev–Trinajstić information content (AvgIpc) is 2.18. The molecule has 0 radical (unpaired) electrons. The van der Waals surface area contributed by atoms with Crippen LogP contribution >= 0.6 is 8.25 Å². The number of hydrogen-bond donors (Lipinski definition) is 1. The van der Waals surface area contributed by atoms with E-state index in [1.165, 1.54) is 0 Å². The van der Waals surface area contributed by atoms with E-state index in [0.717, 1.165) is 10.8 Å². The van der Waals surface area contributed by atoms with E-state index in [-0.39, 0.29) is 0 Å². The maximum Gasteiger partial charge on any atom is 0.747 e. The van der Waals surface area contributed by atoms with Crippen LogP contribution in [0, 0.1) is 0 Å². The highest BCUT2D eigenvalue weighted by atomic mass is 31.1. The van der Waals surface area contributed by atoms with E-state index in [1.807, 2.05) is 30.3 Å². The second kappa shape index (κ2) is 3.74. The summed E-state index contributed by atoms with van der Waals surface area (Å²) in [5.41, 5.74) is 0. The predicted molar refractivity (Wildman–Crippen MR) is 54.4 cm³/mol. The van der Waals surface area contributed by atoms with E-state index in [4.69, 9.17) is 9.42 Å². The van der Waals surface area contributed by atoms with Crippen LogP contribution in [0.4, 0.5) is 0 Å². The lowest BCUT2D eigenvalue weighted by molar-refractivity contribution is 0.412. The molecule has 0 aliphatic rings. The van der Waals surface area contributed by atoms with Crippen LogP contribution in [0.25, 0.3) is 10.8 Å². The highest BCUT2D eigenvalue weighted by Gasteiger charge is 2.15. The summed E-state index contributed by atoms with van der Waals surface area (Å²) in [6, 6.07) is 12.9. The zero-order valence-corrected chi connectivity index (χ0v) is 8.15. The molecule has 1 unspecified atom stereocenters. The van der Waals surface area contributed by atoms with Crippen LogP contribution in [0.5, 0.6) is 5.75 Å². The summed E-state index contributed by atoms with van der Waals surface area (Å²) in [5, 5.41) is 1.83. The average molecular weight is 207 g/mol. The minimum Gasteiger partial charge on any atom is -0.229 e. The Labute approximate surface area is 81.9 Å². The third kappa shape index (κ3) is 1.74. The monoisotopic (exact) mass is 207 g/mol. The molecule has 4 heteroatoms. The van der Waals surface area contributed by atoms with Crippen molar-refractivity contribution in [3.63, 3.8) is 0 Å². The predicted octanol–water partition coefficient (Wildman–Crippen LogP) is 2.87. The molecule has 0 saturated carbocycles. The first-order valence-corrected chi connectivity index (χ1v) is 5.22. The molecule has 0 heterocycles. The number of benzene rings is 2. The smallest absolute Gasteiger partial charge is 0.229 e. The molecule has 1 N–H and O–H groups in total. The lowest BCUT2D eigenvalue weighted by atomic mass is 10.1. The molecule has 0 saturated heterocycles. The second-order valence-corrected chi connectivity index (χ2v) is 3.46. The summed E-state index contributed by atoms with van der Waals surface area (Å²) in [6.45, 7) is 0. The minimum absolute atomic E-state index is 0.437. The van der Waals surface area contributed by atoms with Gasteiger partial charge < -0.3 is 0 Å². The second-order valence-electron chi connectivity index (χ2n) is 2.81. The van der Waals surface area contributed by atoms with Gasteiger partial charge in [0.2, 0.25) is 0 Å². The SMILES string of the molecule is O=[P+](O)Oc1cccc2ccccc12. The number of hydrogen-bond acceptors (Lipinski definition) is 2. The quantitative estimate of drug-likeness (QED) is 0.770. The molecule has 2 aromatic rings. The summed E-state index contributed by atoms with van der Waals surface area (Å²) in [7, 11) is -2.60. The van der Waals surface area contributed by atoms with Gasteiger partial charge in [-0.15, -0.1) is 4.89 Å². The molecular weight excluding hydrogens is 199 g/mol. The molecule has 0 bridgehead atoms. The standard InChI is InChI=1S/C10H7O3P/c11-14(12)13-10-7-3-5-8-4-1-2-6-9(8)10/h1-7H/p+1. The van der Waals surface area contributed by atoms with Gasteiger partial charge in [0.1, 0.15) is 0 Å². The number of fused-ring (bicyclic) bond motifs is 1. The maximum absolute atomic E-state index is 10.5. The van der Waals surface area contributed by atoms with E-state index in [0.29, 0.717) is 5.75 Å². The highest BCUT2D eigenvalue weighted by molar-refractivity contribution is 7.32. The fourth-order valence-electron chi connectivity index (χ4n) is 1.36. The van der Waals surface area contributed by atoms with Crippen LogP contribution in [-0.4, -0.2) is 4.89 Å². The van der Waals surface area contributed by atoms with Gasteiger partial charge >= 0.3 is 8.25 Å². The summed E-state index contributed by atoms with van der Waals surface area (Å²) < 4.78 is 15.3. The van der Waals surface area contributed by atoms with Gasteiger partial charge in [-0.3, -0.25) is 0 Å². The van der Waals surface area contributed by atoms with E-state index >= 15 is 0 Å². The molecule has 0 amide bonds. The van der Waals surface area contributed by atoms with Crippen LogP contribution < -0.4 is 4.52 Å². The zero-order valence-electron chi connectivity index (χ0n) is 7.25. The lowest BCUT2D eigenvalue weighted by Gasteiger charge is -1.98. The Morgan fingerprint density at radius 3 is 2.57 bits per heavy atom. The van der Waals surface area contributed by atoms with Crippen LogP contribution in [-0.2, 0) is 4.57 Å². The van der Waals surface area contributed by atoms with Crippen molar-refractivity contribution < 1.29 is 14.0 Å². The Morgan fingerprint density at radius 2 is 1.79 bits per heavy atom. The molecule has 0 aliphatic heterocycles. The molecule has 3 nitrogen and oxygen atoms in total. The molecule has 0 fully saturated rings. The first kappa shape index (κ1) is 9.13. The molecule has 2 rings (SSSR count). The fourth-order valence-corrected chi connectivity index (χ4v) is 1.69. The van der Waals surface area contributed by atoms with Crippen molar-refractivity contribution in [1.29, 1.82) is 0 Å². The largest absolute Gasteiger partial charge is 0.747 e. The third-order valence-electron chi connectivity index (χ3n) is 1.93. The summed E-state index contributed by atoms with van der Waals surface area (Å²) in [4.78, 5) is 8.65. The molecule has 1 atom stereocenters. The van der Waals surface area contributed by atoms with Gasteiger partial charge in [0.05, 0.1) is 0 Å². The molecule has 2 aromatic carbocycles. The Kier molecular flexibility index (Phi) is 2.44. The van der Waals surface area contributed by atoms with Gasteiger partial charge in [-0.05, 0) is 11.5 Å². The van der Waals surface area contributed by atoms with Crippen LogP contribution in [0.1, 0.15) is 0 Å². The van der Waals surface area contributed by atoms with Gasteiger partial charge in [0.25, 0.3) is 0 Å². The molecule has 14 heavy (non-hydrogen) atoms. The van der Waals surface area contributed by atoms with Crippen LogP contribution in [0.15, 0.2) is 42.5 Å². The molecule has 70 valence electrons. The summed E-state index contributed by atoms with van der Waals surface area (Å²) in [6.07, 6.45) is 0. The minimum atomic E-state index is -2.60. The Bertz CT molecular complexity index is 476. The summed E-state index contributed by atoms with van der Waals surface area (Å²) in [5.74, 6) is 0.437. The van der Waals surface area contributed by atoms with E-state index in [2.05, 4.69) is 0 Å². The Morgan fingerprint density at radius 1 is 1.07 bits per heavy atom. The van der Waals surface area contributed by atoms with Crippen molar-refractivity contribution in [3.8, 4) is 5.75 Å². The Balaban J connectivity index is 2.59. The van der Waals surface area contributed by atoms with Crippen molar-refractivity contribution in [3.05, 3.63) is 42.5 Å². The topological polar surface area (TPSA) is 46.5 Å². The van der Waals surface area contributed by atoms with Gasteiger partial charge in [-0.2, -0.15) is 0 Å². The van der Waals surface area contributed by atoms with Crippen molar-refractivity contribution in [2.24, 2.45) is 0 Å². The summed E-state index contributed by atoms with van der Waals surface area (Å²) >= 11 is 0. The lowest BCUT2D eigenvalue weighted by Crippen LogP contribution is -1.81. The van der Waals surface area contributed by atoms with Gasteiger partial charge in [0, 0.05) is 9.95 Å². The van der Waals surface area contributed by atoms with Gasteiger partial charge in [-0.1, -0.05) is 36.4 Å². The normalized spacial score (nSPS) is 11.4. The molecule has 0 aromatic heterocycles. The zero-order chi connectivity index (χ0) is 9.97. The van der Waals surface area contributed by atoms with Gasteiger partial charge in [-0.25, -0.2) is 4.52 Å². The molecular formula is C10H8O3P+. The van der Waals surface area contributed by atoms with Crippen molar-refractivity contribution in [2.45, 2.75) is 0 Å². The van der Waals surface area contributed by atoms with E-state index in [9.17, 15) is 4.57 Å². The van der Waals surface area contributed by atoms with Crippen molar-refractivity contribution in [1.82, 2.24) is 0 Å². The third-order valence-corrected chi connectivity index (χ3v) is 2.28. The van der Waals surface area contributed by atoms with Crippen molar-refractivity contribution in [2.75, 3.05) is 0 Å². The van der Waals surface area contributed by atoms with Gasteiger partial charge in [0.15, 0.2) is 5.75 Å². The van der Waals surface area contributed by atoms with Crippen LogP contribution in [0.2, 0.25) is 0 Å². The van der Waals surface area contributed by atoms with Crippen molar-refractivity contribution >= 4 is 19.0 Å². The number of rotatable bonds is 2. The highest BCUT2D eigenvalue weighted by Crippen LogP contribution is 2.30. The van der Waals surface area contributed by atoms with Crippen LogP contribution in [0.3, 0.4) is 0 Å². The first-order chi connectivity index (χ1) is 6.77. The fraction of sp³-hybridized carbons (Fsp3) is 0. The van der Waals surface area contributed by atoms with E-state index < -0.39 is 8.25 Å². The van der Waals surface area contributed by atoms with E-state index in [1.54, 1.807) is 12.1 Å². The molecule has 0 spiro atoms. The first-order valence-electron chi connectivity index (χ1n) is 4.09. The Hall–Kier alpha value is -1.44.